The Kier molecular flexibility index (Phi) is 5.08. The molecular formula is C23H21F3N4O3S. The van der Waals surface area contributed by atoms with Gasteiger partial charge in [-0.25, -0.2) is 31.6 Å². The van der Waals surface area contributed by atoms with E-state index in [1.165, 1.54) is 23.0 Å². The zero-order valence-electron chi connectivity index (χ0n) is 18.3. The molecule has 1 N–H and O–H groups in total. The lowest BCUT2D eigenvalue weighted by Crippen LogP contribution is -2.51. The molecule has 7 nitrogen and oxygen atoms in total. The number of alkyl halides is 2. The topological polar surface area (TPSA) is 94.0 Å². The van der Waals surface area contributed by atoms with Crippen LogP contribution in [-0.4, -0.2) is 34.5 Å². The van der Waals surface area contributed by atoms with Crippen molar-refractivity contribution in [2.24, 2.45) is 12.5 Å². The first kappa shape index (κ1) is 22.6. The standard InChI is InChI=1S/C23H21F3N4O3S/c1-12(14-4-3-5-15(18(14)24)19(25)26)29-20-17-6-16(22(31)30(2)21(17)28-11-27-20)13-7-23(8-13)9-34(32,33)10-23/h3-7,11-12,19H,8-10H2,1-2H3,(H,27,28,29)/t12-/m1/s1. The maximum Gasteiger partial charge on any atom is 0.266 e. The number of anilines is 1. The van der Waals surface area contributed by atoms with Gasteiger partial charge in [0.1, 0.15) is 23.6 Å². The van der Waals surface area contributed by atoms with Crippen molar-refractivity contribution in [1.82, 2.24) is 14.5 Å². The van der Waals surface area contributed by atoms with E-state index >= 15 is 0 Å². The van der Waals surface area contributed by atoms with Crippen molar-refractivity contribution < 1.29 is 21.6 Å². The van der Waals surface area contributed by atoms with Gasteiger partial charge in [0.2, 0.25) is 0 Å². The van der Waals surface area contributed by atoms with E-state index in [0.717, 1.165) is 11.6 Å². The predicted molar refractivity (Wildman–Crippen MR) is 122 cm³/mol. The van der Waals surface area contributed by atoms with Crippen LogP contribution in [0.15, 0.2) is 41.5 Å². The molecule has 1 spiro atoms. The fraction of sp³-hybridized carbons (Fsp3) is 0.348. The summed E-state index contributed by atoms with van der Waals surface area (Å²) in [5, 5.41) is 3.56. The van der Waals surface area contributed by atoms with E-state index in [4.69, 9.17) is 0 Å². The number of pyridine rings is 1. The molecule has 1 aliphatic heterocycles. The molecule has 1 atom stereocenters. The number of sulfone groups is 1. The summed E-state index contributed by atoms with van der Waals surface area (Å²) < 4.78 is 65.5. The molecule has 34 heavy (non-hydrogen) atoms. The van der Waals surface area contributed by atoms with Crippen molar-refractivity contribution >= 4 is 32.3 Å². The average Bonchev–Trinajstić information content (AvgIpc) is 2.73. The molecule has 1 saturated heterocycles. The van der Waals surface area contributed by atoms with Crippen molar-refractivity contribution in [2.45, 2.75) is 25.8 Å². The number of fused-ring (bicyclic) bond motifs is 1. The first-order valence-corrected chi connectivity index (χ1v) is 12.4. The van der Waals surface area contributed by atoms with E-state index in [0.29, 0.717) is 28.8 Å². The Morgan fingerprint density at radius 3 is 2.50 bits per heavy atom. The van der Waals surface area contributed by atoms with Crippen molar-refractivity contribution in [3.05, 3.63) is 69.5 Å². The Balaban J connectivity index is 1.53. The van der Waals surface area contributed by atoms with Crippen LogP contribution in [0.3, 0.4) is 0 Å². The molecule has 0 unspecified atom stereocenters. The Morgan fingerprint density at radius 2 is 1.85 bits per heavy atom. The number of aryl methyl sites for hydroxylation is 1. The molecule has 1 fully saturated rings. The minimum atomic E-state index is -3.00. The van der Waals surface area contributed by atoms with Crippen LogP contribution in [0, 0.1) is 11.2 Å². The van der Waals surface area contributed by atoms with Crippen LogP contribution in [-0.2, 0) is 16.9 Å². The Morgan fingerprint density at radius 1 is 1.18 bits per heavy atom. The second kappa shape index (κ2) is 7.66. The SMILES string of the molecule is C[C@@H](Nc1ncnc2c1cc(C1=CC3(C1)CS(=O)(=O)C3)c(=O)n2C)c1cccc(C(F)F)c1F. The van der Waals surface area contributed by atoms with Crippen LogP contribution in [0.2, 0.25) is 0 Å². The van der Waals surface area contributed by atoms with E-state index in [1.807, 2.05) is 6.08 Å². The summed E-state index contributed by atoms with van der Waals surface area (Å²) in [5.41, 5.74) is 0.253. The van der Waals surface area contributed by atoms with Crippen LogP contribution in [0.4, 0.5) is 19.0 Å². The molecule has 1 aromatic carbocycles. The van der Waals surface area contributed by atoms with Crippen LogP contribution in [0.25, 0.3) is 16.6 Å². The van der Waals surface area contributed by atoms with E-state index in [-0.39, 0.29) is 28.0 Å². The number of allylic oxidation sites excluding steroid dienone is 2. The van der Waals surface area contributed by atoms with Crippen LogP contribution >= 0.6 is 0 Å². The number of aromatic nitrogens is 3. The van der Waals surface area contributed by atoms with Crippen LogP contribution in [0.5, 0.6) is 0 Å². The summed E-state index contributed by atoms with van der Waals surface area (Å²) in [5.74, 6) is -0.483. The largest absolute Gasteiger partial charge is 0.363 e. The molecule has 3 aromatic rings. The maximum absolute atomic E-state index is 14.6. The van der Waals surface area contributed by atoms with Gasteiger partial charge in [-0.2, -0.15) is 0 Å². The zero-order chi connectivity index (χ0) is 24.4. The molecular weight excluding hydrogens is 469 g/mol. The van der Waals surface area contributed by atoms with E-state index < -0.39 is 33.7 Å². The summed E-state index contributed by atoms with van der Waals surface area (Å²) in [4.78, 5) is 21.4. The molecule has 178 valence electrons. The molecule has 1 aliphatic carbocycles. The van der Waals surface area contributed by atoms with Gasteiger partial charge in [-0.3, -0.25) is 9.36 Å². The highest BCUT2D eigenvalue weighted by Gasteiger charge is 2.52. The number of nitrogens with one attached hydrogen (secondary N) is 1. The van der Waals surface area contributed by atoms with Gasteiger partial charge in [0.05, 0.1) is 28.5 Å². The monoisotopic (exact) mass is 490 g/mol. The number of benzene rings is 1. The second-order valence-electron chi connectivity index (χ2n) is 9.04. The highest BCUT2D eigenvalue weighted by Crippen LogP contribution is 2.51. The summed E-state index contributed by atoms with van der Waals surface area (Å²) >= 11 is 0. The molecule has 0 radical (unpaired) electrons. The van der Waals surface area contributed by atoms with Crippen molar-refractivity contribution in [1.29, 1.82) is 0 Å². The highest BCUT2D eigenvalue weighted by molar-refractivity contribution is 7.92. The number of halogens is 3. The fourth-order valence-corrected chi connectivity index (χ4v) is 6.92. The first-order valence-electron chi connectivity index (χ1n) is 10.6. The van der Waals surface area contributed by atoms with E-state index in [2.05, 4.69) is 15.3 Å². The van der Waals surface area contributed by atoms with E-state index in [9.17, 15) is 26.4 Å². The van der Waals surface area contributed by atoms with Gasteiger partial charge in [-0.05, 0) is 25.0 Å². The predicted octanol–water partition coefficient (Wildman–Crippen LogP) is 3.78. The van der Waals surface area contributed by atoms with Gasteiger partial charge in [-0.15, -0.1) is 0 Å². The van der Waals surface area contributed by atoms with Gasteiger partial charge in [-0.1, -0.05) is 24.3 Å². The third-order valence-corrected chi connectivity index (χ3v) is 8.53. The zero-order valence-corrected chi connectivity index (χ0v) is 19.2. The lowest BCUT2D eigenvalue weighted by molar-refractivity contribution is 0.146. The molecule has 5 rings (SSSR count). The molecule has 0 amide bonds. The molecule has 0 bridgehead atoms. The molecule has 2 aliphatic rings. The Labute approximate surface area is 193 Å². The lowest BCUT2D eigenvalue weighted by Gasteiger charge is -2.46. The molecule has 3 heterocycles. The smallest absolute Gasteiger partial charge is 0.266 e. The fourth-order valence-electron chi connectivity index (χ4n) is 4.88. The van der Waals surface area contributed by atoms with Crippen molar-refractivity contribution in [3.63, 3.8) is 0 Å². The minimum absolute atomic E-state index is 0.0597. The Hall–Kier alpha value is -3.21. The first-order chi connectivity index (χ1) is 16.0. The van der Waals surface area contributed by atoms with Crippen LogP contribution < -0.4 is 10.9 Å². The lowest BCUT2D eigenvalue weighted by atomic mass is 9.71. The Bertz CT molecular complexity index is 1520. The summed E-state index contributed by atoms with van der Waals surface area (Å²) in [6, 6.07) is 4.78. The number of rotatable bonds is 5. The van der Waals surface area contributed by atoms with Gasteiger partial charge in [0.15, 0.2) is 9.84 Å². The van der Waals surface area contributed by atoms with Gasteiger partial charge >= 0.3 is 0 Å². The molecule has 0 saturated carbocycles. The third-order valence-electron chi connectivity index (χ3n) is 6.50. The number of nitrogens with zero attached hydrogens (tertiary/aromatic N) is 3. The third kappa shape index (κ3) is 3.58. The molecule has 2 aromatic heterocycles. The summed E-state index contributed by atoms with van der Waals surface area (Å²) in [7, 11) is -1.43. The summed E-state index contributed by atoms with van der Waals surface area (Å²) in [6.07, 6.45) is 0.667. The summed E-state index contributed by atoms with van der Waals surface area (Å²) in [6.45, 7) is 1.62. The van der Waals surface area contributed by atoms with Crippen molar-refractivity contribution in [3.8, 4) is 0 Å². The highest BCUT2D eigenvalue weighted by atomic mass is 32.2. The average molecular weight is 491 g/mol. The van der Waals surface area contributed by atoms with Gasteiger partial charge in [0, 0.05) is 23.6 Å². The van der Waals surface area contributed by atoms with Gasteiger partial charge < -0.3 is 5.32 Å². The second-order valence-corrected chi connectivity index (χ2v) is 11.1. The quantitative estimate of drug-likeness (QED) is 0.585. The van der Waals surface area contributed by atoms with E-state index in [1.54, 1.807) is 20.0 Å². The maximum atomic E-state index is 14.6. The molecule has 11 heteroatoms. The normalized spacial score (nSPS) is 18.9. The minimum Gasteiger partial charge on any atom is -0.363 e. The van der Waals surface area contributed by atoms with Crippen molar-refractivity contribution in [2.75, 3.05) is 16.8 Å². The van der Waals surface area contributed by atoms with Crippen LogP contribution in [0.1, 0.15) is 42.5 Å². The van der Waals surface area contributed by atoms with Gasteiger partial charge in [0.25, 0.3) is 12.0 Å². The number of hydrogen-bond acceptors (Lipinski definition) is 6. The number of hydrogen-bond donors (Lipinski definition) is 1.